The Balaban J connectivity index is 1.84. The number of amides is 1. The van der Waals surface area contributed by atoms with E-state index in [1.165, 1.54) is 23.9 Å². The Morgan fingerprint density at radius 2 is 1.60 bits per heavy atom. The van der Waals surface area contributed by atoms with Crippen LogP contribution in [0.2, 0.25) is 0 Å². The van der Waals surface area contributed by atoms with Gasteiger partial charge in [0.2, 0.25) is 5.91 Å². The van der Waals surface area contributed by atoms with Gasteiger partial charge in [-0.15, -0.1) is 0 Å². The molecule has 7 heteroatoms. The van der Waals surface area contributed by atoms with Crippen molar-refractivity contribution in [2.75, 3.05) is 11.9 Å². The van der Waals surface area contributed by atoms with Crippen LogP contribution in [-0.2, 0) is 4.79 Å². The Morgan fingerprint density at radius 3 is 2.16 bits per heavy atom. The molecule has 3 N–H and O–H groups in total. The summed E-state index contributed by atoms with van der Waals surface area (Å²) >= 11 is 1.51. The summed E-state index contributed by atoms with van der Waals surface area (Å²) in [6, 6.07) is 14.0. The van der Waals surface area contributed by atoms with E-state index < -0.39 is 4.92 Å². The second kappa shape index (κ2) is 9.80. The lowest BCUT2D eigenvalue weighted by atomic mass is 10.2. The van der Waals surface area contributed by atoms with Crippen LogP contribution >= 0.6 is 11.8 Å². The summed E-state index contributed by atoms with van der Waals surface area (Å²) in [4.78, 5) is 24.0. The molecule has 25 heavy (non-hydrogen) atoms. The van der Waals surface area contributed by atoms with E-state index in [-0.39, 0.29) is 11.6 Å². The number of nitrogens with two attached hydrogens (primary N) is 1. The molecule has 6 nitrogen and oxygen atoms in total. The fraction of sp³-hybridized carbons (Fsp3) is 0.278. The first-order valence-electron chi connectivity index (χ1n) is 8.11. The summed E-state index contributed by atoms with van der Waals surface area (Å²) in [5.41, 5.74) is 6.27. The molecule has 0 heterocycles. The minimum Gasteiger partial charge on any atom is -0.330 e. The van der Waals surface area contributed by atoms with Gasteiger partial charge in [0.15, 0.2) is 0 Å². The average molecular weight is 359 g/mol. The lowest BCUT2D eigenvalue weighted by Gasteiger charge is -2.07. The van der Waals surface area contributed by atoms with E-state index in [0.717, 1.165) is 34.7 Å². The third-order valence-electron chi connectivity index (χ3n) is 3.53. The van der Waals surface area contributed by atoms with E-state index in [9.17, 15) is 14.9 Å². The molecule has 0 aliphatic carbocycles. The molecule has 0 unspecified atom stereocenters. The monoisotopic (exact) mass is 359 g/mol. The van der Waals surface area contributed by atoms with E-state index in [1.54, 1.807) is 12.1 Å². The van der Waals surface area contributed by atoms with Crippen LogP contribution < -0.4 is 11.1 Å². The molecule has 2 aromatic carbocycles. The standard InChI is InChI=1S/C18H21N3O3S/c19-13-3-1-2-4-18(22)20-14-5-9-16(10-6-14)25-17-11-7-15(8-12-17)21(23)24/h5-12H,1-4,13,19H2,(H,20,22). The maximum absolute atomic E-state index is 11.8. The first-order chi connectivity index (χ1) is 12.1. The fourth-order valence-corrected chi connectivity index (χ4v) is 3.02. The van der Waals surface area contributed by atoms with Crippen molar-refractivity contribution in [3.05, 3.63) is 58.6 Å². The minimum absolute atomic E-state index is 0.00722. The third-order valence-corrected chi connectivity index (χ3v) is 4.55. The van der Waals surface area contributed by atoms with Gasteiger partial charge in [-0.05, 0) is 55.8 Å². The number of benzene rings is 2. The Bertz CT molecular complexity index is 703. The summed E-state index contributed by atoms with van der Waals surface area (Å²) in [5.74, 6) is 0.00722. The van der Waals surface area contributed by atoms with Crippen LogP contribution in [0, 0.1) is 10.1 Å². The summed E-state index contributed by atoms with van der Waals surface area (Å²) in [7, 11) is 0. The Labute approximate surface area is 151 Å². The van der Waals surface area contributed by atoms with Gasteiger partial charge in [0.25, 0.3) is 5.69 Å². The van der Waals surface area contributed by atoms with Crippen LogP contribution in [0.15, 0.2) is 58.3 Å². The number of nitro benzene ring substituents is 1. The molecular weight excluding hydrogens is 338 g/mol. The number of hydrogen-bond donors (Lipinski definition) is 2. The van der Waals surface area contributed by atoms with Gasteiger partial charge in [-0.1, -0.05) is 18.2 Å². The minimum atomic E-state index is -0.415. The SMILES string of the molecule is NCCCCCC(=O)Nc1ccc(Sc2ccc([N+](=O)[O-])cc2)cc1. The highest BCUT2D eigenvalue weighted by atomic mass is 32.2. The molecule has 0 atom stereocenters. The van der Waals surface area contributed by atoms with Gasteiger partial charge >= 0.3 is 0 Å². The molecule has 2 aromatic rings. The van der Waals surface area contributed by atoms with Crippen LogP contribution in [0.5, 0.6) is 0 Å². The number of nitrogens with zero attached hydrogens (tertiary/aromatic N) is 1. The zero-order valence-electron chi connectivity index (χ0n) is 13.8. The van der Waals surface area contributed by atoms with Crippen molar-refractivity contribution in [2.45, 2.75) is 35.5 Å². The number of non-ortho nitro benzene ring substituents is 1. The molecule has 1 amide bonds. The first kappa shape index (κ1) is 19.0. The molecule has 0 aliphatic heterocycles. The van der Waals surface area contributed by atoms with E-state index >= 15 is 0 Å². The van der Waals surface area contributed by atoms with Gasteiger partial charge in [-0.25, -0.2) is 0 Å². The fourth-order valence-electron chi connectivity index (χ4n) is 2.21. The van der Waals surface area contributed by atoms with Gasteiger partial charge in [0, 0.05) is 34.0 Å². The van der Waals surface area contributed by atoms with Crippen LogP contribution in [-0.4, -0.2) is 17.4 Å². The smallest absolute Gasteiger partial charge is 0.269 e. The van der Waals surface area contributed by atoms with Crippen LogP contribution in [0.25, 0.3) is 0 Å². The molecule has 0 aliphatic rings. The maximum Gasteiger partial charge on any atom is 0.269 e. The molecule has 132 valence electrons. The lowest BCUT2D eigenvalue weighted by Crippen LogP contribution is -2.11. The van der Waals surface area contributed by atoms with E-state index in [2.05, 4.69) is 5.32 Å². The maximum atomic E-state index is 11.8. The number of carbonyl (C=O) groups excluding carboxylic acids is 1. The molecule has 0 radical (unpaired) electrons. The van der Waals surface area contributed by atoms with Gasteiger partial charge in [-0.2, -0.15) is 0 Å². The van der Waals surface area contributed by atoms with E-state index in [1.807, 2.05) is 24.3 Å². The van der Waals surface area contributed by atoms with Crippen molar-refractivity contribution in [3.63, 3.8) is 0 Å². The highest BCUT2D eigenvalue weighted by Crippen LogP contribution is 2.29. The van der Waals surface area contributed by atoms with Crippen molar-refractivity contribution < 1.29 is 9.72 Å². The molecular formula is C18H21N3O3S. The van der Waals surface area contributed by atoms with Crippen molar-refractivity contribution in [1.82, 2.24) is 0 Å². The summed E-state index contributed by atoms with van der Waals surface area (Å²) < 4.78 is 0. The molecule has 0 saturated heterocycles. The van der Waals surface area contributed by atoms with E-state index in [4.69, 9.17) is 5.73 Å². The number of carbonyl (C=O) groups is 1. The number of hydrogen-bond acceptors (Lipinski definition) is 5. The Morgan fingerprint density at radius 1 is 1.00 bits per heavy atom. The second-order valence-electron chi connectivity index (χ2n) is 5.52. The predicted octanol–water partition coefficient (Wildman–Crippen LogP) is 4.20. The second-order valence-corrected chi connectivity index (χ2v) is 6.67. The van der Waals surface area contributed by atoms with Crippen LogP contribution in [0.3, 0.4) is 0 Å². The summed E-state index contributed by atoms with van der Waals surface area (Å²) in [5, 5.41) is 13.5. The highest BCUT2D eigenvalue weighted by molar-refractivity contribution is 7.99. The van der Waals surface area contributed by atoms with Gasteiger partial charge in [0.05, 0.1) is 4.92 Å². The van der Waals surface area contributed by atoms with Crippen LogP contribution in [0.4, 0.5) is 11.4 Å². The molecule has 0 saturated carbocycles. The molecule has 0 fully saturated rings. The first-order valence-corrected chi connectivity index (χ1v) is 8.92. The average Bonchev–Trinajstić information content (AvgIpc) is 2.61. The number of anilines is 1. The lowest BCUT2D eigenvalue weighted by molar-refractivity contribution is -0.384. The summed E-state index contributed by atoms with van der Waals surface area (Å²) in [6.45, 7) is 0.662. The zero-order chi connectivity index (χ0) is 18.1. The number of nitro groups is 1. The van der Waals surface area contributed by atoms with Gasteiger partial charge < -0.3 is 11.1 Å². The molecule has 0 aromatic heterocycles. The van der Waals surface area contributed by atoms with Crippen molar-refractivity contribution in [2.24, 2.45) is 5.73 Å². The van der Waals surface area contributed by atoms with Gasteiger partial charge in [0.1, 0.15) is 0 Å². The largest absolute Gasteiger partial charge is 0.330 e. The topological polar surface area (TPSA) is 98.3 Å². The van der Waals surface area contributed by atoms with Crippen molar-refractivity contribution in [1.29, 1.82) is 0 Å². The Kier molecular flexibility index (Phi) is 7.43. The number of unbranched alkanes of at least 4 members (excludes halogenated alkanes) is 2. The van der Waals surface area contributed by atoms with Gasteiger partial charge in [-0.3, -0.25) is 14.9 Å². The van der Waals surface area contributed by atoms with Crippen LogP contribution in [0.1, 0.15) is 25.7 Å². The normalized spacial score (nSPS) is 10.4. The van der Waals surface area contributed by atoms with Crippen molar-refractivity contribution in [3.8, 4) is 0 Å². The van der Waals surface area contributed by atoms with E-state index in [0.29, 0.717) is 13.0 Å². The molecule has 0 bridgehead atoms. The van der Waals surface area contributed by atoms with Crippen molar-refractivity contribution >= 4 is 29.0 Å². The Hall–Kier alpha value is -2.38. The predicted molar refractivity (Wildman–Crippen MR) is 99.8 cm³/mol. The zero-order valence-corrected chi connectivity index (χ0v) is 14.6. The quantitative estimate of drug-likeness (QED) is 0.397. The number of nitrogens with one attached hydrogen (secondary N) is 1. The molecule has 0 spiro atoms. The summed E-state index contributed by atoms with van der Waals surface area (Å²) in [6.07, 6.45) is 3.26. The highest BCUT2D eigenvalue weighted by Gasteiger charge is 2.06. The third kappa shape index (κ3) is 6.56. The number of rotatable bonds is 9. The molecule has 2 rings (SSSR count).